The number of aromatic nitrogens is 3. The van der Waals surface area contributed by atoms with E-state index in [1.165, 1.54) is 0 Å². The minimum absolute atomic E-state index is 0.153. The Balaban J connectivity index is 1.64. The zero-order chi connectivity index (χ0) is 21.1. The van der Waals surface area contributed by atoms with Crippen LogP contribution in [0.2, 0.25) is 0 Å². The van der Waals surface area contributed by atoms with Gasteiger partial charge in [-0.2, -0.15) is 15.0 Å². The summed E-state index contributed by atoms with van der Waals surface area (Å²) in [6.45, 7) is 4.01. The van der Waals surface area contributed by atoms with Gasteiger partial charge in [-0.25, -0.2) is 8.42 Å². The van der Waals surface area contributed by atoms with Crippen molar-refractivity contribution in [2.45, 2.75) is 37.6 Å². The van der Waals surface area contributed by atoms with Crippen LogP contribution in [0.3, 0.4) is 0 Å². The molecular formula is C22H25N5O2S. The molecule has 7 nitrogen and oxygen atoms in total. The number of nitrogens with zero attached hydrogens (tertiary/aromatic N) is 3. The third-order valence-corrected chi connectivity index (χ3v) is 6.57. The molecule has 1 fully saturated rings. The van der Waals surface area contributed by atoms with E-state index in [1.807, 2.05) is 44.2 Å². The van der Waals surface area contributed by atoms with Crippen molar-refractivity contribution < 1.29 is 8.42 Å². The molecule has 30 heavy (non-hydrogen) atoms. The van der Waals surface area contributed by atoms with Gasteiger partial charge in [0.2, 0.25) is 11.9 Å². The van der Waals surface area contributed by atoms with Crippen LogP contribution in [0, 0.1) is 5.92 Å². The molecule has 8 heteroatoms. The zero-order valence-electron chi connectivity index (χ0n) is 17.0. The second-order valence-electron chi connectivity index (χ2n) is 7.85. The molecule has 2 aromatic carbocycles. The average molecular weight is 424 g/mol. The predicted molar refractivity (Wildman–Crippen MR) is 119 cm³/mol. The van der Waals surface area contributed by atoms with Crippen LogP contribution in [-0.2, 0) is 9.84 Å². The average Bonchev–Trinajstić information content (AvgIpc) is 3.51. The zero-order valence-corrected chi connectivity index (χ0v) is 17.9. The molecule has 3 aromatic rings. The number of rotatable bonds is 8. The summed E-state index contributed by atoms with van der Waals surface area (Å²) in [4.78, 5) is 13.8. The van der Waals surface area contributed by atoms with Crippen molar-refractivity contribution in [2.75, 3.05) is 16.4 Å². The third kappa shape index (κ3) is 5.13. The minimum atomic E-state index is -3.29. The van der Waals surface area contributed by atoms with Crippen LogP contribution < -0.4 is 10.6 Å². The molecule has 0 spiro atoms. The Morgan fingerprint density at radius 3 is 2.40 bits per heavy atom. The Kier molecular flexibility index (Phi) is 5.67. The van der Waals surface area contributed by atoms with Crippen LogP contribution in [0.1, 0.15) is 26.7 Å². The maximum absolute atomic E-state index is 12.6. The fourth-order valence-corrected chi connectivity index (χ4v) is 4.80. The van der Waals surface area contributed by atoms with E-state index >= 15 is 0 Å². The fraction of sp³-hybridized carbons (Fsp3) is 0.318. The topological polar surface area (TPSA) is 96.9 Å². The first-order valence-corrected chi connectivity index (χ1v) is 11.7. The number of anilines is 3. The quantitative estimate of drug-likeness (QED) is 0.558. The number of hydrogen-bond donors (Lipinski definition) is 2. The molecule has 156 valence electrons. The standard InChI is InChI=1S/C22H25N5O2S/c1-15(2)23-21-25-20(17-7-4-3-5-8-17)26-22(27-21)24-18-9-6-10-19(13-18)30(28,29)14-16-11-12-16/h3-10,13,15-16H,11-12,14H2,1-2H3,(H2,23,24,25,26,27). The van der Waals surface area contributed by atoms with Gasteiger partial charge in [-0.3, -0.25) is 0 Å². The summed E-state index contributed by atoms with van der Waals surface area (Å²) < 4.78 is 25.2. The van der Waals surface area contributed by atoms with Gasteiger partial charge >= 0.3 is 0 Å². The lowest BCUT2D eigenvalue weighted by Crippen LogP contribution is -2.14. The lowest BCUT2D eigenvalue weighted by Gasteiger charge is -2.13. The lowest BCUT2D eigenvalue weighted by atomic mass is 10.2. The van der Waals surface area contributed by atoms with Crippen molar-refractivity contribution in [3.63, 3.8) is 0 Å². The summed E-state index contributed by atoms with van der Waals surface area (Å²) in [5.74, 6) is 1.85. The first-order valence-electron chi connectivity index (χ1n) is 10.1. The maximum Gasteiger partial charge on any atom is 0.232 e. The van der Waals surface area contributed by atoms with Gasteiger partial charge in [-0.1, -0.05) is 36.4 Å². The number of nitrogens with one attached hydrogen (secondary N) is 2. The summed E-state index contributed by atoms with van der Waals surface area (Å²) in [6, 6.07) is 16.6. The van der Waals surface area contributed by atoms with E-state index in [9.17, 15) is 8.42 Å². The van der Waals surface area contributed by atoms with Gasteiger partial charge in [-0.15, -0.1) is 0 Å². The van der Waals surface area contributed by atoms with Gasteiger partial charge in [0.1, 0.15) is 0 Å². The third-order valence-electron chi connectivity index (χ3n) is 4.69. The van der Waals surface area contributed by atoms with Gasteiger partial charge in [0, 0.05) is 17.3 Å². The Bertz CT molecular complexity index is 1130. The van der Waals surface area contributed by atoms with Crippen LogP contribution in [-0.4, -0.2) is 35.2 Å². The number of sulfone groups is 1. The van der Waals surface area contributed by atoms with E-state index in [0.29, 0.717) is 34.2 Å². The van der Waals surface area contributed by atoms with Crippen molar-refractivity contribution in [1.29, 1.82) is 0 Å². The summed E-state index contributed by atoms with van der Waals surface area (Å²) in [6.07, 6.45) is 1.99. The Labute approximate surface area is 176 Å². The second-order valence-corrected chi connectivity index (χ2v) is 9.88. The van der Waals surface area contributed by atoms with E-state index in [4.69, 9.17) is 0 Å². The van der Waals surface area contributed by atoms with Crippen LogP contribution >= 0.6 is 0 Å². The fourth-order valence-electron chi connectivity index (χ4n) is 3.06. The van der Waals surface area contributed by atoms with Crippen LogP contribution in [0.15, 0.2) is 59.5 Å². The molecule has 0 saturated heterocycles. The SMILES string of the molecule is CC(C)Nc1nc(Nc2cccc(S(=O)(=O)CC3CC3)c2)nc(-c2ccccc2)n1. The normalized spacial score (nSPS) is 14.0. The Morgan fingerprint density at radius 2 is 1.70 bits per heavy atom. The van der Waals surface area contributed by atoms with Crippen LogP contribution in [0.5, 0.6) is 0 Å². The molecule has 0 atom stereocenters. The first-order chi connectivity index (χ1) is 14.4. The minimum Gasteiger partial charge on any atom is -0.352 e. The van der Waals surface area contributed by atoms with Gasteiger partial charge < -0.3 is 10.6 Å². The first kappa shape index (κ1) is 20.3. The van der Waals surface area contributed by atoms with Gasteiger partial charge in [-0.05, 0) is 50.8 Å². The molecule has 1 aliphatic rings. The molecule has 0 unspecified atom stereocenters. The van der Waals surface area contributed by atoms with Crippen molar-refractivity contribution in [1.82, 2.24) is 15.0 Å². The highest BCUT2D eigenvalue weighted by molar-refractivity contribution is 7.91. The molecule has 0 amide bonds. The molecule has 0 aliphatic heterocycles. The van der Waals surface area contributed by atoms with Gasteiger partial charge in [0.25, 0.3) is 0 Å². The smallest absolute Gasteiger partial charge is 0.232 e. The Morgan fingerprint density at radius 1 is 0.967 bits per heavy atom. The summed E-state index contributed by atoms with van der Waals surface area (Å²) in [7, 11) is -3.29. The number of hydrogen-bond acceptors (Lipinski definition) is 7. The predicted octanol–water partition coefficient (Wildman–Crippen LogP) is 4.29. The van der Waals surface area contributed by atoms with E-state index in [1.54, 1.807) is 24.3 Å². The maximum atomic E-state index is 12.6. The van der Waals surface area contributed by atoms with Gasteiger partial charge in [0.05, 0.1) is 10.6 Å². The van der Waals surface area contributed by atoms with Crippen LogP contribution in [0.25, 0.3) is 11.4 Å². The van der Waals surface area contributed by atoms with Crippen molar-refractivity contribution in [2.24, 2.45) is 5.92 Å². The molecule has 4 rings (SSSR count). The van der Waals surface area contributed by atoms with E-state index in [-0.39, 0.29) is 11.8 Å². The summed E-state index contributed by atoms with van der Waals surface area (Å²) in [5, 5.41) is 6.35. The highest BCUT2D eigenvalue weighted by atomic mass is 32.2. The van der Waals surface area contributed by atoms with Gasteiger partial charge in [0.15, 0.2) is 15.7 Å². The highest BCUT2D eigenvalue weighted by Gasteiger charge is 2.29. The van der Waals surface area contributed by atoms with Crippen LogP contribution in [0.4, 0.5) is 17.6 Å². The Hall–Kier alpha value is -3.00. The van der Waals surface area contributed by atoms with E-state index in [2.05, 4.69) is 25.6 Å². The molecule has 1 aliphatic carbocycles. The number of benzene rings is 2. The van der Waals surface area contributed by atoms with E-state index < -0.39 is 9.84 Å². The molecule has 0 bridgehead atoms. The summed E-state index contributed by atoms with van der Waals surface area (Å²) in [5.41, 5.74) is 1.49. The second kappa shape index (κ2) is 8.39. The van der Waals surface area contributed by atoms with Crippen molar-refractivity contribution >= 4 is 27.4 Å². The molecule has 2 N–H and O–H groups in total. The lowest BCUT2D eigenvalue weighted by molar-refractivity contribution is 0.592. The molecule has 0 radical (unpaired) electrons. The highest BCUT2D eigenvalue weighted by Crippen LogP contribution is 2.32. The van der Waals surface area contributed by atoms with Crippen molar-refractivity contribution in [3.05, 3.63) is 54.6 Å². The largest absolute Gasteiger partial charge is 0.352 e. The molecule has 1 heterocycles. The summed E-state index contributed by atoms with van der Waals surface area (Å²) >= 11 is 0. The molecule has 1 saturated carbocycles. The molecule has 1 aromatic heterocycles. The molecular weight excluding hydrogens is 398 g/mol. The van der Waals surface area contributed by atoms with Crippen molar-refractivity contribution in [3.8, 4) is 11.4 Å². The monoisotopic (exact) mass is 423 g/mol. The van der Waals surface area contributed by atoms with E-state index in [0.717, 1.165) is 18.4 Å².